The molecular formula is C28H32N4O4. The van der Waals surface area contributed by atoms with Crippen LogP contribution in [0.3, 0.4) is 0 Å². The molecule has 1 heterocycles. The Hall–Kier alpha value is -3.88. The molecule has 1 unspecified atom stereocenters. The molecule has 1 aliphatic heterocycles. The Labute approximate surface area is 210 Å². The zero-order valence-corrected chi connectivity index (χ0v) is 20.2. The SMILES string of the molecule is CNc1cccc(C2CCCN2C(=O)[C@H](O)[C@@H](O)C(=O)NCc2ccc(-c3ccccc3N)cc2)c1. The van der Waals surface area contributed by atoms with Gasteiger partial charge in [-0.05, 0) is 47.7 Å². The Bertz CT molecular complexity index is 1210. The second-order valence-electron chi connectivity index (χ2n) is 8.96. The third kappa shape index (κ3) is 5.50. The molecule has 188 valence electrons. The summed E-state index contributed by atoms with van der Waals surface area (Å²) in [4.78, 5) is 27.1. The van der Waals surface area contributed by atoms with Crippen LogP contribution >= 0.6 is 0 Å². The van der Waals surface area contributed by atoms with Gasteiger partial charge in [-0.15, -0.1) is 0 Å². The van der Waals surface area contributed by atoms with Crippen LogP contribution in [0.2, 0.25) is 0 Å². The van der Waals surface area contributed by atoms with E-state index in [1.807, 2.05) is 79.8 Å². The van der Waals surface area contributed by atoms with Gasteiger partial charge in [0, 0.05) is 37.1 Å². The van der Waals surface area contributed by atoms with E-state index in [0.717, 1.165) is 40.8 Å². The molecule has 3 atom stereocenters. The minimum absolute atomic E-state index is 0.143. The van der Waals surface area contributed by atoms with E-state index in [2.05, 4.69) is 10.6 Å². The highest BCUT2D eigenvalue weighted by Gasteiger charge is 2.38. The second-order valence-corrected chi connectivity index (χ2v) is 8.96. The lowest BCUT2D eigenvalue weighted by atomic mass is 10.0. The first-order chi connectivity index (χ1) is 17.4. The fourth-order valence-electron chi connectivity index (χ4n) is 4.58. The van der Waals surface area contributed by atoms with Crippen molar-refractivity contribution >= 4 is 23.2 Å². The van der Waals surface area contributed by atoms with Gasteiger partial charge in [-0.1, -0.05) is 54.6 Å². The molecule has 36 heavy (non-hydrogen) atoms. The van der Waals surface area contributed by atoms with Crippen molar-refractivity contribution in [3.63, 3.8) is 0 Å². The smallest absolute Gasteiger partial charge is 0.255 e. The minimum Gasteiger partial charge on any atom is -0.398 e. The predicted molar refractivity (Wildman–Crippen MR) is 140 cm³/mol. The molecule has 3 aromatic carbocycles. The van der Waals surface area contributed by atoms with Crippen molar-refractivity contribution in [3.05, 3.63) is 83.9 Å². The minimum atomic E-state index is -1.87. The summed E-state index contributed by atoms with van der Waals surface area (Å²) in [5.74, 6) is -1.46. The highest BCUT2D eigenvalue weighted by atomic mass is 16.3. The van der Waals surface area contributed by atoms with Gasteiger partial charge in [0.05, 0.1) is 6.04 Å². The van der Waals surface area contributed by atoms with Gasteiger partial charge in [0.25, 0.3) is 11.8 Å². The number of hydrogen-bond donors (Lipinski definition) is 5. The number of amides is 2. The lowest BCUT2D eigenvalue weighted by molar-refractivity contribution is -0.153. The zero-order chi connectivity index (χ0) is 25.7. The molecule has 6 N–H and O–H groups in total. The molecule has 2 amide bonds. The van der Waals surface area contributed by atoms with Crippen molar-refractivity contribution in [2.24, 2.45) is 0 Å². The van der Waals surface area contributed by atoms with E-state index in [0.29, 0.717) is 12.2 Å². The largest absolute Gasteiger partial charge is 0.398 e. The number of anilines is 2. The van der Waals surface area contributed by atoms with Gasteiger partial charge in [-0.3, -0.25) is 9.59 Å². The Morgan fingerprint density at radius 1 is 1.03 bits per heavy atom. The summed E-state index contributed by atoms with van der Waals surface area (Å²) in [6, 6.07) is 22.6. The number of rotatable bonds is 8. The molecule has 0 saturated carbocycles. The van der Waals surface area contributed by atoms with Gasteiger partial charge >= 0.3 is 0 Å². The fourth-order valence-corrected chi connectivity index (χ4v) is 4.58. The van der Waals surface area contributed by atoms with Crippen molar-refractivity contribution in [2.75, 3.05) is 24.6 Å². The van der Waals surface area contributed by atoms with Gasteiger partial charge in [-0.2, -0.15) is 0 Å². The number of para-hydroxylation sites is 1. The molecule has 8 heteroatoms. The molecule has 1 aliphatic rings. The van der Waals surface area contributed by atoms with E-state index in [4.69, 9.17) is 5.73 Å². The number of carbonyl (C=O) groups excluding carboxylic acids is 2. The number of nitrogens with one attached hydrogen (secondary N) is 2. The van der Waals surface area contributed by atoms with Crippen LogP contribution in [0.15, 0.2) is 72.8 Å². The van der Waals surface area contributed by atoms with E-state index in [1.54, 1.807) is 4.90 Å². The maximum atomic E-state index is 13.0. The zero-order valence-electron chi connectivity index (χ0n) is 20.2. The number of nitrogens with zero attached hydrogens (tertiary/aromatic N) is 1. The molecule has 3 aromatic rings. The molecule has 0 aliphatic carbocycles. The number of aliphatic hydroxyl groups excluding tert-OH is 2. The van der Waals surface area contributed by atoms with Crippen molar-refractivity contribution in [2.45, 2.75) is 37.6 Å². The third-order valence-corrected chi connectivity index (χ3v) is 6.61. The summed E-state index contributed by atoms with van der Waals surface area (Å²) < 4.78 is 0. The van der Waals surface area contributed by atoms with E-state index in [1.165, 1.54) is 0 Å². The Morgan fingerprint density at radius 3 is 2.50 bits per heavy atom. The number of aliphatic hydroxyl groups is 2. The highest BCUT2D eigenvalue weighted by Crippen LogP contribution is 2.33. The Kier molecular flexibility index (Phi) is 7.87. The molecule has 1 saturated heterocycles. The van der Waals surface area contributed by atoms with Crippen LogP contribution in [0.1, 0.15) is 30.0 Å². The summed E-state index contributed by atoms with van der Waals surface area (Å²) in [6.07, 6.45) is -2.19. The molecule has 8 nitrogen and oxygen atoms in total. The predicted octanol–water partition coefficient (Wildman–Crippen LogP) is 2.68. The summed E-state index contributed by atoms with van der Waals surface area (Å²) in [7, 11) is 1.82. The van der Waals surface area contributed by atoms with Crippen LogP contribution < -0.4 is 16.4 Å². The van der Waals surface area contributed by atoms with Crippen molar-refractivity contribution in [1.29, 1.82) is 0 Å². The number of nitrogen functional groups attached to an aromatic ring is 1. The summed E-state index contributed by atoms with van der Waals surface area (Å²) >= 11 is 0. The number of hydrogen-bond acceptors (Lipinski definition) is 6. The van der Waals surface area contributed by atoms with Gasteiger partial charge in [0.1, 0.15) is 0 Å². The number of carbonyl (C=O) groups is 2. The van der Waals surface area contributed by atoms with Crippen molar-refractivity contribution in [1.82, 2.24) is 10.2 Å². The van der Waals surface area contributed by atoms with Gasteiger partial charge in [0.15, 0.2) is 12.2 Å². The van der Waals surface area contributed by atoms with E-state index in [9.17, 15) is 19.8 Å². The quantitative estimate of drug-likeness (QED) is 0.310. The third-order valence-electron chi connectivity index (χ3n) is 6.61. The van der Waals surface area contributed by atoms with Gasteiger partial charge in [-0.25, -0.2) is 0 Å². The van der Waals surface area contributed by atoms with E-state index < -0.39 is 24.0 Å². The second kappa shape index (κ2) is 11.2. The maximum Gasteiger partial charge on any atom is 0.255 e. The maximum absolute atomic E-state index is 13.0. The van der Waals surface area contributed by atoms with Crippen LogP contribution in [-0.2, 0) is 16.1 Å². The Balaban J connectivity index is 1.35. The lowest BCUT2D eigenvalue weighted by Gasteiger charge is -2.29. The summed E-state index contributed by atoms with van der Waals surface area (Å²) in [5, 5.41) is 26.6. The first-order valence-corrected chi connectivity index (χ1v) is 12.0. The highest BCUT2D eigenvalue weighted by molar-refractivity contribution is 5.91. The molecule has 4 rings (SSSR count). The molecule has 0 radical (unpaired) electrons. The van der Waals surface area contributed by atoms with Crippen LogP contribution in [0.25, 0.3) is 11.1 Å². The molecule has 0 aromatic heterocycles. The molecular weight excluding hydrogens is 456 g/mol. The van der Waals surface area contributed by atoms with E-state index >= 15 is 0 Å². The normalized spacial score (nSPS) is 16.9. The van der Waals surface area contributed by atoms with Crippen LogP contribution in [0.5, 0.6) is 0 Å². The van der Waals surface area contributed by atoms with Crippen molar-refractivity contribution < 1.29 is 19.8 Å². The monoisotopic (exact) mass is 488 g/mol. The summed E-state index contributed by atoms with van der Waals surface area (Å²) in [5.41, 5.74) is 11.2. The van der Waals surface area contributed by atoms with Crippen LogP contribution in [0.4, 0.5) is 11.4 Å². The fraction of sp³-hybridized carbons (Fsp3) is 0.286. The van der Waals surface area contributed by atoms with Crippen LogP contribution in [-0.4, -0.2) is 52.7 Å². The number of nitrogens with two attached hydrogens (primary N) is 1. The standard InChI is InChI=1S/C28H32N4O4/c1-30-21-7-4-6-20(16-21)24-10-5-15-32(24)28(36)26(34)25(33)27(35)31-17-18-11-13-19(14-12-18)22-8-2-3-9-23(22)29/h2-4,6-9,11-14,16,24-26,30,33-34H,5,10,15,17,29H2,1H3,(H,31,35)/t24?,25-,26-/m1/s1. The summed E-state index contributed by atoms with van der Waals surface area (Å²) in [6.45, 7) is 0.599. The molecule has 0 spiro atoms. The topological polar surface area (TPSA) is 128 Å². The average molecular weight is 489 g/mol. The number of benzene rings is 3. The Morgan fingerprint density at radius 2 is 1.78 bits per heavy atom. The molecule has 0 bridgehead atoms. The average Bonchev–Trinajstić information content (AvgIpc) is 3.41. The first-order valence-electron chi connectivity index (χ1n) is 12.0. The lowest BCUT2D eigenvalue weighted by Crippen LogP contribution is -2.50. The molecule has 1 fully saturated rings. The van der Waals surface area contributed by atoms with E-state index in [-0.39, 0.29) is 12.6 Å². The number of likely N-dealkylation sites (tertiary alicyclic amines) is 1. The van der Waals surface area contributed by atoms with Gasteiger partial charge in [0.2, 0.25) is 0 Å². The van der Waals surface area contributed by atoms with Crippen molar-refractivity contribution in [3.8, 4) is 11.1 Å². The first kappa shape index (κ1) is 25.2. The van der Waals surface area contributed by atoms with Crippen LogP contribution in [0, 0.1) is 0 Å². The van der Waals surface area contributed by atoms with Gasteiger partial charge < -0.3 is 31.5 Å².